The molecule has 0 aliphatic heterocycles. The SMILES string of the molecule is CCCCCCCC/C=C\CCCCCCCCCCCCCO. The molecule has 24 heavy (non-hydrogen) atoms. The Balaban J connectivity index is 3.03. The van der Waals surface area contributed by atoms with E-state index < -0.39 is 0 Å². The third kappa shape index (κ3) is 21.7. The maximum atomic E-state index is 8.71. The topological polar surface area (TPSA) is 20.2 Å². The van der Waals surface area contributed by atoms with Crippen molar-refractivity contribution in [2.75, 3.05) is 6.61 Å². The van der Waals surface area contributed by atoms with E-state index in [2.05, 4.69) is 19.1 Å². The molecule has 0 aliphatic rings. The van der Waals surface area contributed by atoms with Gasteiger partial charge < -0.3 is 5.11 Å². The van der Waals surface area contributed by atoms with Gasteiger partial charge in [0, 0.05) is 6.61 Å². The number of aliphatic hydroxyl groups excluding tert-OH is 1. The fraction of sp³-hybridized carbons (Fsp3) is 0.913. The molecule has 1 heteroatoms. The molecule has 0 fully saturated rings. The van der Waals surface area contributed by atoms with Crippen molar-refractivity contribution in [1.29, 1.82) is 0 Å². The average Bonchev–Trinajstić information content (AvgIpc) is 2.60. The first-order valence-electron chi connectivity index (χ1n) is 11.2. The zero-order valence-electron chi connectivity index (χ0n) is 16.7. The molecule has 0 saturated carbocycles. The average molecular weight is 339 g/mol. The van der Waals surface area contributed by atoms with Gasteiger partial charge in [-0.05, 0) is 32.1 Å². The van der Waals surface area contributed by atoms with Crippen LogP contribution < -0.4 is 0 Å². The van der Waals surface area contributed by atoms with E-state index >= 15 is 0 Å². The van der Waals surface area contributed by atoms with Gasteiger partial charge in [0.2, 0.25) is 0 Å². The van der Waals surface area contributed by atoms with Crippen molar-refractivity contribution >= 4 is 0 Å². The Morgan fingerprint density at radius 2 is 0.792 bits per heavy atom. The highest BCUT2D eigenvalue weighted by molar-refractivity contribution is 4.81. The molecule has 0 aromatic carbocycles. The number of unbranched alkanes of at least 4 members (excludes halogenated alkanes) is 17. The third-order valence-corrected chi connectivity index (χ3v) is 4.92. The Morgan fingerprint density at radius 3 is 1.17 bits per heavy atom. The predicted molar refractivity (Wildman–Crippen MR) is 110 cm³/mol. The predicted octanol–water partition coefficient (Wildman–Crippen LogP) is 7.97. The second-order valence-corrected chi connectivity index (χ2v) is 7.43. The summed E-state index contributed by atoms with van der Waals surface area (Å²) in [6, 6.07) is 0. The molecule has 0 bridgehead atoms. The quantitative estimate of drug-likeness (QED) is 0.176. The van der Waals surface area contributed by atoms with Gasteiger partial charge in [0.1, 0.15) is 0 Å². The highest BCUT2D eigenvalue weighted by atomic mass is 16.2. The van der Waals surface area contributed by atoms with E-state index in [9.17, 15) is 0 Å². The summed E-state index contributed by atoms with van der Waals surface area (Å²) in [4.78, 5) is 0. The van der Waals surface area contributed by atoms with Crippen molar-refractivity contribution in [2.24, 2.45) is 0 Å². The molecule has 0 aromatic heterocycles. The van der Waals surface area contributed by atoms with Crippen LogP contribution in [0.5, 0.6) is 0 Å². The molecule has 1 N–H and O–H groups in total. The lowest BCUT2D eigenvalue weighted by atomic mass is 10.0. The summed E-state index contributed by atoms with van der Waals surface area (Å²) in [5.74, 6) is 0. The monoisotopic (exact) mass is 338 g/mol. The summed E-state index contributed by atoms with van der Waals surface area (Å²) in [5.41, 5.74) is 0. The summed E-state index contributed by atoms with van der Waals surface area (Å²) < 4.78 is 0. The Hall–Kier alpha value is -0.300. The van der Waals surface area contributed by atoms with Gasteiger partial charge in [0.25, 0.3) is 0 Å². The molecule has 1 nitrogen and oxygen atoms in total. The van der Waals surface area contributed by atoms with Gasteiger partial charge in [-0.3, -0.25) is 0 Å². The number of hydrogen-bond donors (Lipinski definition) is 1. The number of rotatable bonds is 20. The standard InChI is InChI=1S/C23H46O/c1-2-3-4-5-6-7-8-9-10-11-12-13-14-15-16-17-18-19-20-21-22-23-24/h9-10,24H,2-8,11-23H2,1H3/b10-9-. The molecule has 144 valence electrons. The molecule has 0 unspecified atom stereocenters. The molecule has 0 rings (SSSR count). The Labute approximate surface area is 153 Å². The van der Waals surface area contributed by atoms with Crippen LogP contribution in [0.4, 0.5) is 0 Å². The van der Waals surface area contributed by atoms with Crippen LogP contribution in [0.25, 0.3) is 0 Å². The van der Waals surface area contributed by atoms with Gasteiger partial charge in [-0.15, -0.1) is 0 Å². The first-order chi connectivity index (χ1) is 11.9. The number of allylic oxidation sites excluding steroid dienone is 2. The minimum Gasteiger partial charge on any atom is -0.396 e. The van der Waals surface area contributed by atoms with Gasteiger partial charge in [-0.2, -0.15) is 0 Å². The highest BCUT2D eigenvalue weighted by Crippen LogP contribution is 2.12. The van der Waals surface area contributed by atoms with Crippen molar-refractivity contribution in [1.82, 2.24) is 0 Å². The molecule has 0 spiro atoms. The Bertz CT molecular complexity index is 234. The first kappa shape index (κ1) is 23.7. The van der Waals surface area contributed by atoms with Crippen LogP contribution in [0.3, 0.4) is 0 Å². The lowest BCUT2D eigenvalue weighted by molar-refractivity contribution is 0.282. The smallest absolute Gasteiger partial charge is 0.0431 e. The lowest BCUT2D eigenvalue weighted by Crippen LogP contribution is -1.84. The van der Waals surface area contributed by atoms with E-state index in [-0.39, 0.29) is 0 Å². The maximum Gasteiger partial charge on any atom is 0.0431 e. The molecule has 0 amide bonds. The molecule has 0 heterocycles. The largest absolute Gasteiger partial charge is 0.396 e. The van der Waals surface area contributed by atoms with Crippen molar-refractivity contribution in [3.63, 3.8) is 0 Å². The van der Waals surface area contributed by atoms with Crippen LogP contribution in [0.2, 0.25) is 0 Å². The zero-order chi connectivity index (χ0) is 17.6. The fourth-order valence-corrected chi connectivity index (χ4v) is 3.24. The highest BCUT2D eigenvalue weighted by Gasteiger charge is 1.93. The number of aliphatic hydroxyl groups is 1. The molecule has 0 aromatic rings. The van der Waals surface area contributed by atoms with E-state index in [0.29, 0.717) is 6.61 Å². The molecule has 0 atom stereocenters. The summed E-state index contributed by atoms with van der Waals surface area (Å²) in [7, 11) is 0. The van der Waals surface area contributed by atoms with Crippen molar-refractivity contribution in [3.05, 3.63) is 12.2 Å². The minimum absolute atomic E-state index is 0.369. The maximum absolute atomic E-state index is 8.71. The van der Waals surface area contributed by atoms with Crippen LogP contribution >= 0.6 is 0 Å². The molecule has 0 saturated heterocycles. The third-order valence-electron chi connectivity index (χ3n) is 4.92. The van der Waals surface area contributed by atoms with Crippen molar-refractivity contribution < 1.29 is 5.11 Å². The molecular formula is C23H46O. The fourth-order valence-electron chi connectivity index (χ4n) is 3.24. The van der Waals surface area contributed by atoms with Gasteiger partial charge in [0.15, 0.2) is 0 Å². The molecular weight excluding hydrogens is 292 g/mol. The molecule has 0 radical (unpaired) electrons. The van der Waals surface area contributed by atoms with E-state index in [1.54, 1.807) is 0 Å². The van der Waals surface area contributed by atoms with Crippen LogP contribution in [0.1, 0.15) is 129 Å². The van der Waals surface area contributed by atoms with Crippen LogP contribution in [0.15, 0.2) is 12.2 Å². The summed E-state index contributed by atoms with van der Waals surface area (Å²) in [6.45, 7) is 2.65. The van der Waals surface area contributed by atoms with Crippen molar-refractivity contribution in [3.8, 4) is 0 Å². The summed E-state index contributed by atoms with van der Waals surface area (Å²) >= 11 is 0. The second kappa shape index (κ2) is 22.7. The Morgan fingerprint density at radius 1 is 0.458 bits per heavy atom. The van der Waals surface area contributed by atoms with Crippen LogP contribution in [0, 0.1) is 0 Å². The van der Waals surface area contributed by atoms with E-state index in [0.717, 1.165) is 6.42 Å². The summed E-state index contributed by atoms with van der Waals surface area (Å²) in [6.07, 6.45) is 30.6. The number of hydrogen-bond acceptors (Lipinski definition) is 1. The second-order valence-electron chi connectivity index (χ2n) is 7.43. The van der Waals surface area contributed by atoms with Gasteiger partial charge >= 0.3 is 0 Å². The van der Waals surface area contributed by atoms with Gasteiger partial charge in [-0.1, -0.05) is 109 Å². The van der Waals surface area contributed by atoms with E-state index in [1.807, 2.05) is 0 Å². The lowest BCUT2D eigenvalue weighted by Gasteiger charge is -2.02. The van der Waals surface area contributed by atoms with E-state index in [1.165, 1.54) is 116 Å². The van der Waals surface area contributed by atoms with Crippen molar-refractivity contribution in [2.45, 2.75) is 129 Å². The first-order valence-corrected chi connectivity index (χ1v) is 11.2. The van der Waals surface area contributed by atoms with Crippen LogP contribution in [-0.4, -0.2) is 11.7 Å². The normalized spacial score (nSPS) is 11.6. The molecule has 0 aliphatic carbocycles. The minimum atomic E-state index is 0.369. The van der Waals surface area contributed by atoms with Gasteiger partial charge in [0.05, 0.1) is 0 Å². The van der Waals surface area contributed by atoms with E-state index in [4.69, 9.17) is 5.11 Å². The zero-order valence-corrected chi connectivity index (χ0v) is 16.7. The van der Waals surface area contributed by atoms with Gasteiger partial charge in [-0.25, -0.2) is 0 Å². The Kier molecular flexibility index (Phi) is 22.4. The van der Waals surface area contributed by atoms with Crippen LogP contribution in [-0.2, 0) is 0 Å². The summed E-state index contributed by atoms with van der Waals surface area (Å²) in [5, 5.41) is 8.71.